The van der Waals surface area contributed by atoms with Gasteiger partial charge in [0, 0.05) is 19.2 Å². The van der Waals surface area contributed by atoms with Crippen molar-refractivity contribution in [3.8, 4) is 11.4 Å². The summed E-state index contributed by atoms with van der Waals surface area (Å²) in [7, 11) is -2.56. The molecule has 23 heavy (non-hydrogen) atoms. The van der Waals surface area contributed by atoms with Crippen LogP contribution in [0.15, 0.2) is 23.1 Å². The Morgan fingerprint density at radius 2 is 2.17 bits per heavy atom. The van der Waals surface area contributed by atoms with E-state index in [1.165, 1.54) is 32.2 Å². The van der Waals surface area contributed by atoms with E-state index in [1.807, 2.05) is 0 Å². The standard InChI is InChI=1S/C12H14ClN5O4S/c1-7(12(19)20)6-18(2)23(21,22)8-3-4-10(13)9(5-8)11-14-16-17-15-11/h3-5,7H,6H2,1-2H3,(H,19,20)(H,14,15,16,17). The summed E-state index contributed by atoms with van der Waals surface area (Å²) in [6, 6.07) is 4.07. The molecule has 2 aromatic rings. The number of hydrogen-bond acceptors (Lipinski definition) is 6. The van der Waals surface area contributed by atoms with Gasteiger partial charge in [-0.1, -0.05) is 18.5 Å². The minimum atomic E-state index is -3.87. The molecule has 2 N–H and O–H groups in total. The number of tetrazole rings is 1. The van der Waals surface area contributed by atoms with Crippen LogP contribution in [-0.4, -0.2) is 58.0 Å². The van der Waals surface area contributed by atoms with E-state index < -0.39 is 21.9 Å². The minimum Gasteiger partial charge on any atom is -0.481 e. The Balaban J connectivity index is 2.37. The van der Waals surface area contributed by atoms with E-state index in [-0.39, 0.29) is 22.3 Å². The number of carboxylic acids is 1. The molecule has 0 saturated heterocycles. The zero-order valence-corrected chi connectivity index (χ0v) is 13.8. The number of rotatable bonds is 6. The highest BCUT2D eigenvalue weighted by Gasteiger charge is 2.26. The van der Waals surface area contributed by atoms with Gasteiger partial charge in [0.25, 0.3) is 0 Å². The molecule has 11 heteroatoms. The highest BCUT2D eigenvalue weighted by atomic mass is 35.5. The van der Waals surface area contributed by atoms with E-state index in [2.05, 4.69) is 20.6 Å². The van der Waals surface area contributed by atoms with Crippen LogP contribution in [0.25, 0.3) is 11.4 Å². The third-order valence-electron chi connectivity index (χ3n) is 3.18. The van der Waals surface area contributed by atoms with Crippen LogP contribution in [0.5, 0.6) is 0 Å². The fourth-order valence-electron chi connectivity index (χ4n) is 1.85. The topological polar surface area (TPSA) is 129 Å². The molecule has 0 amide bonds. The van der Waals surface area contributed by atoms with Gasteiger partial charge in [0.05, 0.1) is 15.8 Å². The number of hydrogen-bond donors (Lipinski definition) is 2. The number of nitrogens with zero attached hydrogens (tertiary/aromatic N) is 4. The number of sulfonamides is 1. The largest absolute Gasteiger partial charge is 0.481 e. The minimum absolute atomic E-state index is 0.0400. The van der Waals surface area contributed by atoms with Gasteiger partial charge in [0.15, 0.2) is 0 Å². The summed E-state index contributed by atoms with van der Waals surface area (Å²) < 4.78 is 26.1. The Morgan fingerprint density at radius 1 is 1.48 bits per heavy atom. The summed E-state index contributed by atoms with van der Waals surface area (Å²) in [5.74, 6) is -1.75. The van der Waals surface area contributed by atoms with Crippen molar-refractivity contribution in [2.45, 2.75) is 11.8 Å². The predicted molar refractivity (Wildman–Crippen MR) is 81.2 cm³/mol. The third kappa shape index (κ3) is 3.66. The molecule has 124 valence electrons. The number of halogens is 1. The molecule has 0 aliphatic heterocycles. The van der Waals surface area contributed by atoms with Crippen molar-refractivity contribution in [2.75, 3.05) is 13.6 Å². The molecule has 2 rings (SSSR count). The second-order valence-electron chi connectivity index (χ2n) is 4.90. The lowest BCUT2D eigenvalue weighted by atomic mass is 10.2. The van der Waals surface area contributed by atoms with E-state index >= 15 is 0 Å². The molecule has 1 aromatic carbocycles. The Labute approximate surface area is 137 Å². The molecule has 0 radical (unpaired) electrons. The van der Waals surface area contributed by atoms with Gasteiger partial charge < -0.3 is 5.11 Å². The van der Waals surface area contributed by atoms with Crippen LogP contribution in [0, 0.1) is 5.92 Å². The van der Waals surface area contributed by atoms with Crippen LogP contribution in [0.2, 0.25) is 5.02 Å². The van der Waals surface area contributed by atoms with Gasteiger partial charge in [-0.3, -0.25) is 4.79 Å². The number of H-pyrrole nitrogens is 1. The first-order valence-corrected chi connectivity index (χ1v) is 8.27. The van der Waals surface area contributed by atoms with Crippen molar-refractivity contribution in [3.63, 3.8) is 0 Å². The summed E-state index contributed by atoms with van der Waals surface area (Å²) in [5.41, 5.74) is 0.307. The predicted octanol–water partition coefficient (Wildman–Crippen LogP) is 0.861. The SMILES string of the molecule is CC(CN(C)S(=O)(=O)c1ccc(Cl)c(-c2nn[nH]n2)c1)C(=O)O. The lowest BCUT2D eigenvalue weighted by molar-refractivity contribution is -0.141. The molecular formula is C12H14ClN5O4S. The van der Waals surface area contributed by atoms with Crippen molar-refractivity contribution in [2.24, 2.45) is 5.92 Å². The molecule has 0 fully saturated rings. The van der Waals surface area contributed by atoms with E-state index in [4.69, 9.17) is 16.7 Å². The smallest absolute Gasteiger partial charge is 0.307 e. The van der Waals surface area contributed by atoms with Crippen LogP contribution >= 0.6 is 11.6 Å². The highest BCUT2D eigenvalue weighted by molar-refractivity contribution is 7.89. The molecule has 1 unspecified atom stereocenters. The van der Waals surface area contributed by atoms with E-state index in [9.17, 15) is 13.2 Å². The molecular weight excluding hydrogens is 346 g/mol. The number of aromatic nitrogens is 4. The van der Waals surface area contributed by atoms with Crippen LogP contribution in [0.1, 0.15) is 6.92 Å². The van der Waals surface area contributed by atoms with Crippen LogP contribution in [0.3, 0.4) is 0 Å². The van der Waals surface area contributed by atoms with Gasteiger partial charge in [-0.2, -0.15) is 5.21 Å². The summed E-state index contributed by atoms with van der Waals surface area (Å²) in [6.45, 7) is 1.28. The number of carbonyl (C=O) groups is 1. The van der Waals surface area contributed by atoms with Gasteiger partial charge in [-0.25, -0.2) is 12.7 Å². The van der Waals surface area contributed by atoms with Crippen molar-refractivity contribution in [1.29, 1.82) is 0 Å². The van der Waals surface area contributed by atoms with Gasteiger partial charge in [0.2, 0.25) is 15.8 Å². The highest BCUT2D eigenvalue weighted by Crippen LogP contribution is 2.28. The average Bonchev–Trinajstić information content (AvgIpc) is 3.01. The molecule has 0 bridgehead atoms. The Morgan fingerprint density at radius 3 is 2.74 bits per heavy atom. The molecule has 1 atom stereocenters. The number of nitrogens with one attached hydrogen (secondary N) is 1. The Kier molecular flexibility index (Phi) is 4.97. The fourth-order valence-corrected chi connectivity index (χ4v) is 3.34. The zero-order valence-electron chi connectivity index (χ0n) is 12.3. The molecule has 9 nitrogen and oxygen atoms in total. The lowest BCUT2D eigenvalue weighted by Gasteiger charge is -2.19. The number of benzene rings is 1. The average molecular weight is 360 g/mol. The second-order valence-corrected chi connectivity index (χ2v) is 7.35. The van der Waals surface area contributed by atoms with Gasteiger partial charge >= 0.3 is 5.97 Å². The van der Waals surface area contributed by atoms with Crippen LogP contribution in [0.4, 0.5) is 0 Å². The molecule has 1 aromatic heterocycles. The number of carboxylic acid groups (broad SMARTS) is 1. The summed E-state index contributed by atoms with van der Waals surface area (Å²) in [4.78, 5) is 10.8. The first kappa shape index (κ1) is 17.3. The molecule has 0 aliphatic rings. The maximum absolute atomic E-state index is 12.5. The third-order valence-corrected chi connectivity index (χ3v) is 5.33. The maximum Gasteiger partial charge on any atom is 0.307 e. The fraction of sp³-hybridized carbons (Fsp3) is 0.333. The quantitative estimate of drug-likeness (QED) is 0.782. The lowest BCUT2D eigenvalue weighted by Crippen LogP contribution is -2.33. The van der Waals surface area contributed by atoms with Crippen molar-refractivity contribution in [1.82, 2.24) is 24.9 Å². The summed E-state index contributed by atoms with van der Waals surface area (Å²) in [5, 5.41) is 22.4. The normalized spacial score (nSPS) is 13.2. The Hall–Kier alpha value is -2.04. The van der Waals surface area contributed by atoms with E-state index in [0.29, 0.717) is 5.56 Å². The number of aromatic amines is 1. The number of aliphatic carboxylic acids is 1. The van der Waals surface area contributed by atoms with Crippen molar-refractivity contribution in [3.05, 3.63) is 23.2 Å². The van der Waals surface area contributed by atoms with Gasteiger partial charge in [-0.05, 0) is 23.4 Å². The van der Waals surface area contributed by atoms with Gasteiger partial charge in [0.1, 0.15) is 0 Å². The van der Waals surface area contributed by atoms with Crippen molar-refractivity contribution < 1.29 is 18.3 Å². The molecule has 1 heterocycles. The van der Waals surface area contributed by atoms with E-state index in [1.54, 1.807) is 0 Å². The van der Waals surface area contributed by atoms with Crippen molar-refractivity contribution >= 4 is 27.6 Å². The first-order valence-electron chi connectivity index (χ1n) is 6.46. The van der Waals surface area contributed by atoms with Crippen LogP contribution in [-0.2, 0) is 14.8 Å². The first-order chi connectivity index (χ1) is 10.7. The summed E-state index contributed by atoms with van der Waals surface area (Å²) in [6.07, 6.45) is 0. The van der Waals surface area contributed by atoms with Crippen LogP contribution < -0.4 is 0 Å². The van der Waals surface area contributed by atoms with E-state index in [0.717, 1.165) is 4.31 Å². The summed E-state index contributed by atoms with van der Waals surface area (Å²) >= 11 is 6.04. The zero-order chi connectivity index (χ0) is 17.2. The molecule has 0 spiro atoms. The van der Waals surface area contributed by atoms with Gasteiger partial charge in [-0.15, -0.1) is 10.2 Å². The maximum atomic E-state index is 12.5. The second kappa shape index (κ2) is 6.60. The molecule has 0 aliphatic carbocycles. The molecule has 0 saturated carbocycles. The monoisotopic (exact) mass is 359 g/mol. The Bertz CT molecular complexity index is 809.